The van der Waals surface area contributed by atoms with Gasteiger partial charge in [0.2, 0.25) is 5.60 Å². The van der Waals surface area contributed by atoms with Crippen molar-refractivity contribution < 1.29 is 29.0 Å². The number of rotatable bonds is 8. The molecule has 7 nitrogen and oxygen atoms in total. The Bertz CT molecular complexity index is 469. The van der Waals surface area contributed by atoms with E-state index in [1.807, 2.05) is 0 Å². The Kier molecular flexibility index (Phi) is 6.86. The number of cyclic esters (lactones) is 1. The third-order valence-electron chi connectivity index (χ3n) is 3.54. The Hall–Kier alpha value is -2.07. The van der Waals surface area contributed by atoms with Crippen LogP contribution in [0, 0.1) is 12.3 Å². The minimum Gasteiger partial charge on any atom is -0.467 e. The fourth-order valence-corrected chi connectivity index (χ4v) is 2.29. The van der Waals surface area contributed by atoms with Gasteiger partial charge in [-0.25, -0.2) is 4.79 Å². The van der Waals surface area contributed by atoms with Gasteiger partial charge < -0.3 is 19.9 Å². The van der Waals surface area contributed by atoms with Crippen LogP contribution < -0.4 is 5.32 Å². The molecule has 0 radical (unpaired) electrons. The zero-order valence-electron chi connectivity index (χ0n) is 12.6. The summed E-state index contributed by atoms with van der Waals surface area (Å²) in [5.74, 6) is 0.669. The largest absolute Gasteiger partial charge is 0.467 e. The Balaban J connectivity index is 2.77. The van der Waals surface area contributed by atoms with E-state index in [1.54, 1.807) is 0 Å². The molecule has 0 aromatic rings. The Morgan fingerprint density at radius 1 is 1.55 bits per heavy atom. The van der Waals surface area contributed by atoms with Gasteiger partial charge in [0.25, 0.3) is 5.91 Å². The van der Waals surface area contributed by atoms with Gasteiger partial charge in [0.15, 0.2) is 0 Å². The van der Waals surface area contributed by atoms with Crippen molar-refractivity contribution in [2.75, 3.05) is 13.7 Å². The lowest BCUT2D eigenvalue weighted by atomic mass is 9.94. The number of nitrogens with one attached hydrogen (secondary N) is 1. The number of carbonyl (C=O) groups excluding carboxylic acids is 3. The van der Waals surface area contributed by atoms with Crippen LogP contribution in [0.25, 0.3) is 0 Å². The summed E-state index contributed by atoms with van der Waals surface area (Å²) in [6, 6.07) is -0.863. The number of ether oxygens (including phenoxy) is 2. The molecule has 0 saturated carbocycles. The maximum atomic E-state index is 12.4. The van der Waals surface area contributed by atoms with E-state index < -0.39 is 29.5 Å². The van der Waals surface area contributed by atoms with Crippen LogP contribution in [0.4, 0.5) is 0 Å². The highest BCUT2D eigenvalue weighted by Crippen LogP contribution is 2.30. The summed E-state index contributed by atoms with van der Waals surface area (Å²) in [4.78, 5) is 35.5. The molecule has 1 amide bonds. The Morgan fingerprint density at radius 2 is 2.27 bits per heavy atom. The predicted molar refractivity (Wildman–Crippen MR) is 76.4 cm³/mol. The van der Waals surface area contributed by atoms with Crippen LogP contribution in [-0.4, -0.2) is 48.3 Å². The molecule has 1 rings (SSSR count). The Morgan fingerprint density at radius 3 is 2.77 bits per heavy atom. The van der Waals surface area contributed by atoms with E-state index >= 15 is 0 Å². The van der Waals surface area contributed by atoms with Crippen LogP contribution in [0.1, 0.15) is 38.5 Å². The summed E-state index contributed by atoms with van der Waals surface area (Å²) in [6.45, 7) is 0.000479. The fourth-order valence-electron chi connectivity index (χ4n) is 2.29. The number of methoxy groups -OCH3 is 1. The lowest BCUT2D eigenvalue weighted by Gasteiger charge is -2.26. The lowest BCUT2D eigenvalue weighted by molar-refractivity contribution is -0.159. The minimum atomic E-state index is -1.41. The number of amides is 1. The molecule has 0 bridgehead atoms. The standard InChI is InChI=1S/C15H21NO6/c1-3-8-15(9-7-12(18)22-15)14(20)16-11(13(19)21-2)6-4-5-10-17/h1,11,17H,4-10H2,2H3,(H,16,20). The summed E-state index contributed by atoms with van der Waals surface area (Å²) < 4.78 is 9.76. The van der Waals surface area contributed by atoms with Gasteiger partial charge in [-0.2, -0.15) is 0 Å². The number of unbranched alkanes of at least 4 members (excludes halogenated alkanes) is 1. The van der Waals surface area contributed by atoms with Crippen molar-refractivity contribution in [1.82, 2.24) is 5.32 Å². The van der Waals surface area contributed by atoms with Crippen LogP contribution in [-0.2, 0) is 23.9 Å². The summed E-state index contributed by atoms with van der Waals surface area (Å²) in [7, 11) is 1.22. The number of terminal acetylenes is 1. The summed E-state index contributed by atoms with van der Waals surface area (Å²) in [5, 5.41) is 11.3. The number of carbonyl (C=O) groups is 3. The first kappa shape index (κ1) is 18.0. The monoisotopic (exact) mass is 311 g/mol. The average molecular weight is 311 g/mol. The highest BCUT2D eigenvalue weighted by molar-refractivity contribution is 5.93. The van der Waals surface area contributed by atoms with Crippen molar-refractivity contribution in [3.8, 4) is 12.3 Å². The zero-order chi connectivity index (χ0) is 16.6. The van der Waals surface area contributed by atoms with E-state index in [1.165, 1.54) is 7.11 Å². The molecule has 22 heavy (non-hydrogen) atoms. The molecule has 0 aliphatic carbocycles. The molecular formula is C15H21NO6. The summed E-state index contributed by atoms with van der Waals surface area (Å²) in [5.41, 5.74) is -1.41. The van der Waals surface area contributed by atoms with Crippen LogP contribution in [0.3, 0.4) is 0 Å². The maximum absolute atomic E-state index is 12.4. The number of esters is 2. The van der Waals surface area contributed by atoms with Crippen molar-refractivity contribution >= 4 is 17.8 Å². The quantitative estimate of drug-likeness (QED) is 0.369. The minimum absolute atomic E-state index is 0.000479. The molecule has 1 aliphatic heterocycles. The van der Waals surface area contributed by atoms with Crippen molar-refractivity contribution in [2.24, 2.45) is 0 Å². The smallest absolute Gasteiger partial charge is 0.328 e. The third kappa shape index (κ3) is 4.46. The molecule has 0 aromatic heterocycles. The van der Waals surface area contributed by atoms with E-state index in [-0.39, 0.29) is 25.9 Å². The highest BCUT2D eigenvalue weighted by Gasteiger charge is 2.47. The van der Waals surface area contributed by atoms with E-state index in [2.05, 4.69) is 16.0 Å². The van der Waals surface area contributed by atoms with E-state index in [0.717, 1.165) is 0 Å². The van der Waals surface area contributed by atoms with E-state index in [0.29, 0.717) is 19.3 Å². The molecule has 7 heteroatoms. The molecule has 122 valence electrons. The molecule has 1 saturated heterocycles. The van der Waals surface area contributed by atoms with Gasteiger partial charge in [0, 0.05) is 19.4 Å². The molecule has 2 unspecified atom stereocenters. The molecule has 0 aromatic carbocycles. The second-order valence-corrected chi connectivity index (χ2v) is 5.12. The molecule has 1 aliphatic rings. The van der Waals surface area contributed by atoms with Gasteiger partial charge in [0.05, 0.1) is 13.5 Å². The molecule has 1 heterocycles. The van der Waals surface area contributed by atoms with Crippen molar-refractivity contribution in [1.29, 1.82) is 0 Å². The van der Waals surface area contributed by atoms with Gasteiger partial charge in [-0.3, -0.25) is 9.59 Å². The topological polar surface area (TPSA) is 102 Å². The van der Waals surface area contributed by atoms with Crippen molar-refractivity contribution in [2.45, 2.75) is 50.2 Å². The number of aliphatic hydroxyl groups excluding tert-OH is 1. The second kappa shape index (κ2) is 8.39. The molecule has 1 fully saturated rings. The summed E-state index contributed by atoms with van der Waals surface area (Å²) in [6.07, 6.45) is 6.87. The molecule has 0 spiro atoms. The van der Waals surface area contributed by atoms with Gasteiger partial charge in [0.1, 0.15) is 6.04 Å². The highest BCUT2D eigenvalue weighted by atomic mass is 16.6. The van der Waals surface area contributed by atoms with E-state index in [4.69, 9.17) is 16.3 Å². The third-order valence-corrected chi connectivity index (χ3v) is 3.54. The number of hydrogen-bond acceptors (Lipinski definition) is 6. The van der Waals surface area contributed by atoms with Crippen LogP contribution in [0.2, 0.25) is 0 Å². The average Bonchev–Trinajstić information content (AvgIpc) is 2.88. The van der Waals surface area contributed by atoms with Gasteiger partial charge in [-0.1, -0.05) is 0 Å². The van der Waals surface area contributed by atoms with Gasteiger partial charge in [-0.05, 0) is 19.3 Å². The number of hydrogen-bond donors (Lipinski definition) is 2. The molecular weight excluding hydrogens is 290 g/mol. The molecule has 2 atom stereocenters. The maximum Gasteiger partial charge on any atom is 0.328 e. The van der Waals surface area contributed by atoms with Crippen LogP contribution in [0.5, 0.6) is 0 Å². The van der Waals surface area contributed by atoms with Crippen molar-refractivity contribution in [3.05, 3.63) is 0 Å². The van der Waals surface area contributed by atoms with Crippen molar-refractivity contribution in [3.63, 3.8) is 0 Å². The first-order chi connectivity index (χ1) is 10.5. The Labute approximate surface area is 129 Å². The van der Waals surface area contributed by atoms with Gasteiger partial charge in [-0.15, -0.1) is 12.3 Å². The van der Waals surface area contributed by atoms with E-state index in [9.17, 15) is 14.4 Å². The first-order valence-electron chi connectivity index (χ1n) is 7.14. The number of aliphatic hydroxyl groups is 1. The SMILES string of the molecule is C#CCC1(C(=O)NC(CCCCO)C(=O)OC)CCC(=O)O1. The zero-order valence-corrected chi connectivity index (χ0v) is 12.6. The lowest BCUT2D eigenvalue weighted by Crippen LogP contribution is -2.52. The van der Waals surface area contributed by atoms with Gasteiger partial charge >= 0.3 is 11.9 Å². The van der Waals surface area contributed by atoms with Crippen LogP contribution >= 0.6 is 0 Å². The normalized spacial score (nSPS) is 21.6. The predicted octanol–water partition coefficient (Wildman–Crippen LogP) is -0.0941. The molecule has 2 N–H and O–H groups in total. The first-order valence-corrected chi connectivity index (χ1v) is 7.14. The van der Waals surface area contributed by atoms with Crippen LogP contribution in [0.15, 0.2) is 0 Å². The summed E-state index contributed by atoms with van der Waals surface area (Å²) >= 11 is 0. The fraction of sp³-hybridized carbons (Fsp3) is 0.667. The second-order valence-electron chi connectivity index (χ2n) is 5.12.